The van der Waals surface area contributed by atoms with Gasteiger partial charge in [-0.25, -0.2) is 0 Å². The quantitative estimate of drug-likeness (QED) is 0.398. The van der Waals surface area contributed by atoms with Crippen LogP contribution >= 0.6 is 28.1 Å². The van der Waals surface area contributed by atoms with Crippen LogP contribution in [0.25, 0.3) is 0 Å². The highest BCUT2D eigenvalue weighted by Gasteiger charge is 2.14. The normalized spacial score (nSPS) is 10.6. The van der Waals surface area contributed by atoms with Crippen molar-refractivity contribution in [1.82, 2.24) is 0 Å². The first kappa shape index (κ1) is 22.8. The van der Waals surface area contributed by atoms with E-state index in [2.05, 4.69) is 21.2 Å². The Morgan fingerprint density at radius 2 is 1.48 bits per heavy atom. The third-order valence-electron chi connectivity index (χ3n) is 4.10. The molecule has 0 spiro atoms. The first-order valence-corrected chi connectivity index (χ1v) is 9.86. The molecule has 2 aromatic rings. The Morgan fingerprint density at radius 3 is 2.00 bits per heavy atom. The van der Waals surface area contributed by atoms with Gasteiger partial charge in [0.25, 0.3) is 0 Å². The molecule has 156 valence electrons. The molecule has 0 aromatic heterocycles. The van der Waals surface area contributed by atoms with Crippen molar-refractivity contribution in [3.05, 3.63) is 46.5 Å². The molecule has 0 aliphatic rings. The molecule has 0 unspecified atom stereocenters. The fourth-order valence-electron chi connectivity index (χ4n) is 2.72. The van der Waals surface area contributed by atoms with Crippen molar-refractivity contribution in [3.8, 4) is 28.7 Å². The van der Waals surface area contributed by atoms with E-state index in [1.54, 1.807) is 47.7 Å². The molecule has 0 saturated carbocycles. The Morgan fingerprint density at radius 1 is 0.897 bits per heavy atom. The molecule has 2 aromatic carbocycles. The summed E-state index contributed by atoms with van der Waals surface area (Å²) >= 11 is 9.00. The minimum absolute atomic E-state index is 0.528. The van der Waals surface area contributed by atoms with Crippen molar-refractivity contribution < 1.29 is 23.7 Å². The predicted octanol–water partition coefficient (Wildman–Crippen LogP) is 5.03. The van der Waals surface area contributed by atoms with Gasteiger partial charge in [0.1, 0.15) is 4.99 Å². The molecule has 0 bridgehead atoms. The maximum atomic E-state index is 5.43. The Balaban J connectivity index is 2.11. The van der Waals surface area contributed by atoms with Gasteiger partial charge in [0.15, 0.2) is 23.0 Å². The highest BCUT2D eigenvalue weighted by Crippen LogP contribution is 2.40. The average molecular weight is 482 g/mol. The van der Waals surface area contributed by atoms with Gasteiger partial charge in [-0.1, -0.05) is 24.4 Å². The van der Waals surface area contributed by atoms with Crippen LogP contribution in [0.4, 0.5) is 5.69 Å². The van der Waals surface area contributed by atoms with Crippen LogP contribution in [0.1, 0.15) is 5.56 Å². The Labute approximate surface area is 184 Å². The second-order valence-electron chi connectivity index (χ2n) is 5.78. The molecule has 8 heteroatoms. The van der Waals surface area contributed by atoms with Crippen LogP contribution in [0.5, 0.6) is 28.7 Å². The van der Waals surface area contributed by atoms with Crippen molar-refractivity contribution in [2.75, 3.05) is 40.9 Å². The van der Waals surface area contributed by atoms with E-state index < -0.39 is 0 Å². The number of nitrogens with one attached hydrogen (secondary N) is 1. The average Bonchev–Trinajstić information content (AvgIpc) is 2.73. The van der Waals surface area contributed by atoms with Gasteiger partial charge in [0, 0.05) is 17.8 Å². The summed E-state index contributed by atoms with van der Waals surface area (Å²) in [7, 11) is 7.92. The lowest BCUT2D eigenvalue weighted by Gasteiger charge is -2.14. The van der Waals surface area contributed by atoms with Gasteiger partial charge in [-0.15, -0.1) is 0 Å². The van der Waals surface area contributed by atoms with Crippen molar-refractivity contribution in [2.45, 2.75) is 6.42 Å². The second kappa shape index (κ2) is 10.9. The van der Waals surface area contributed by atoms with Gasteiger partial charge in [0.2, 0.25) is 5.75 Å². The minimum Gasteiger partial charge on any atom is -0.493 e. The van der Waals surface area contributed by atoms with E-state index in [1.165, 1.54) is 0 Å². The smallest absolute Gasteiger partial charge is 0.203 e. The molecule has 1 N–H and O–H groups in total. The fourth-order valence-corrected chi connectivity index (χ4v) is 3.58. The van der Waals surface area contributed by atoms with Crippen molar-refractivity contribution in [1.29, 1.82) is 0 Å². The maximum absolute atomic E-state index is 5.43. The molecule has 0 saturated heterocycles. The molecule has 0 atom stereocenters. The van der Waals surface area contributed by atoms with Crippen LogP contribution in [-0.4, -0.2) is 40.5 Å². The zero-order valence-electron chi connectivity index (χ0n) is 17.0. The monoisotopic (exact) mass is 481 g/mol. The van der Waals surface area contributed by atoms with Crippen molar-refractivity contribution >= 4 is 38.8 Å². The number of halogens is 1. The molecular weight excluding hydrogens is 458 g/mol. The second-order valence-corrected chi connectivity index (χ2v) is 7.02. The highest BCUT2D eigenvalue weighted by molar-refractivity contribution is 9.10. The number of thiocarbonyl (C=S) groups is 1. The molecule has 29 heavy (non-hydrogen) atoms. The number of anilines is 1. The highest BCUT2D eigenvalue weighted by atomic mass is 79.9. The third kappa shape index (κ3) is 5.55. The molecule has 0 radical (unpaired) electrons. The summed E-state index contributed by atoms with van der Waals surface area (Å²) in [6, 6.07) is 7.45. The summed E-state index contributed by atoms with van der Waals surface area (Å²) < 4.78 is 27.6. The van der Waals surface area contributed by atoms with E-state index >= 15 is 0 Å². The summed E-state index contributed by atoms with van der Waals surface area (Å²) in [5, 5.41) is 3.16. The first-order valence-electron chi connectivity index (χ1n) is 8.65. The molecule has 0 amide bonds. The summed E-state index contributed by atoms with van der Waals surface area (Å²) in [6.45, 7) is 0. The SMILES string of the molecule is COc1cc(NC(=S)C=CCc2ccc(OC)c(OC)c2Br)cc(OC)c1OC. The Bertz CT molecular complexity index is 876. The number of benzene rings is 2. The topological polar surface area (TPSA) is 58.2 Å². The van der Waals surface area contributed by atoms with Crippen LogP contribution in [0.15, 0.2) is 40.9 Å². The lowest BCUT2D eigenvalue weighted by molar-refractivity contribution is 0.324. The number of ether oxygens (including phenoxy) is 5. The van der Waals surface area contributed by atoms with Gasteiger partial charge < -0.3 is 29.0 Å². The van der Waals surface area contributed by atoms with Crippen molar-refractivity contribution in [2.24, 2.45) is 0 Å². The molecular formula is C21H24BrNO5S. The van der Waals surface area contributed by atoms with E-state index in [0.717, 1.165) is 15.7 Å². The standard InChI is InChI=1S/C21H24BrNO5S/c1-24-15-10-9-13(19(22)21(15)28-5)7-6-8-18(29)23-14-11-16(25-2)20(27-4)17(12-14)26-3/h6,8-12H,7H2,1-5H3,(H,23,29). The van der Waals surface area contributed by atoms with E-state index in [0.29, 0.717) is 40.2 Å². The summed E-state index contributed by atoms with van der Waals surface area (Å²) in [5.74, 6) is 2.97. The fraction of sp³-hybridized carbons (Fsp3) is 0.286. The molecule has 0 aliphatic heterocycles. The molecule has 6 nitrogen and oxygen atoms in total. The number of hydrogen-bond acceptors (Lipinski definition) is 6. The molecule has 0 heterocycles. The summed E-state index contributed by atoms with van der Waals surface area (Å²) in [5.41, 5.74) is 1.79. The number of hydrogen-bond donors (Lipinski definition) is 1. The first-order chi connectivity index (χ1) is 14.0. The van der Waals surface area contributed by atoms with Gasteiger partial charge in [-0.3, -0.25) is 0 Å². The van der Waals surface area contributed by atoms with E-state index in [4.69, 9.17) is 35.9 Å². The van der Waals surface area contributed by atoms with Crippen LogP contribution in [0.2, 0.25) is 0 Å². The largest absolute Gasteiger partial charge is 0.493 e. The Kier molecular flexibility index (Phi) is 8.60. The summed E-state index contributed by atoms with van der Waals surface area (Å²) in [6.07, 6.45) is 4.47. The lowest BCUT2D eigenvalue weighted by Crippen LogP contribution is -2.06. The maximum Gasteiger partial charge on any atom is 0.203 e. The predicted molar refractivity (Wildman–Crippen MR) is 122 cm³/mol. The van der Waals surface area contributed by atoms with Gasteiger partial charge in [-0.05, 0) is 40.1 Å². The zero-order chi connectivity index (χ0) is 21.4. The van der Waals surface area contributed by atoms with Crippen LogP contribution in [0, 0.1) is 0 Å². The van der Waals surface area contributed by atoms with E-state index in [1.807, 2.05) is 24.3 Å². The summed E-state index contributed by atoms with van der Waals surface area (Å²) in [4.78, 5) is 0.552. The van der Waals surface area contributed by atoms with Crippen LogP contribution < -0.4 is 29.0 Å². The number of rotatable bonds is 9. The van der Waals surface area contributed by atoms with Crippen LogP contribution in [0.3, 0.4) is 0 Å². The molecule has 2 rings (SSSR count). The lowest BCUT2D eigenvalue weighted by atomic mass is 10.1. The third-order valence-corrected chi connectivity index (χ3v) is 5.21. The minimum atomic E-state index is 0.528. The molecule has 0 fully saturated rings. The van der Waals surface area contributed by atoms with E-state index in [-0.39, 0.29) is 0 Å². The van der Waals surface area contributed by atoms with Crippen LogP contribution in [-0.2, 0) is 6.42 Å². The van der Waals surface area contributed by atoms with E-state index in [9.17, 15) is 0 Å². The van der Waals surface area contributed by atoms with Gasteiger partial charge >= 0.3 is 0 Å². The number of allylic oxidation sites excluding steroid dienone is 1. The van der Waals surface area contributed by atoms with Crippen molar-refractivity contribution in [3.63, 3.8) is 0 Å². The zero-order valence-corrected chi connectivity index (χ0v) is 19.4. The van der Waals surface area contributed by atoms with Gasteiger partial charge in [-0.2, -0.15) is 0 Å². The number of methoxy groups -OCH3 is 5. The molecule has 0 aliphatic carbocycles. The van der Waals surface area contributed by atoms with Gasteiger partial charge in [0.05, 0.1) is 40.0 Å². The Hall–Kier alpha value is -2.45.